The Morgan fingerprint density at radius 2 is 1.13 bits per heavy atom. The average molecular weight is 655 g/mol. The summed E-state index contributed by atoms with van der Waals surface area (Å²) in [6, 6.07) is 8.16. The van der Waals surface area contributed by atoms with Crippen molar-refractivity contribution in [3.05, 3.63) is 64.2 Å². The number of methoxy groups -OCH3 is 1. The number of benzene rings is 2. The van der Waals surface area contributed by atoms with Gasteiger partial charge in [0.15, 0.2) is 23.1 Å². The van der Waals surface area contributed by atoms with Gasteiger partial charge in [0, 0.05) is 25.7 Å². The second-order valence-corrected chi connectivity index (χ2v) is 9.72. The molecule has 2 amide bonds. The molecule has 45 heavy (non-hydrogen) atoms. The molecule has 0 aliphatic rings. The van der Waals surface area contributed by atoms with Crippen molar-refractivity contribution in [1.29, 1.82) is 0 Å². The zero-order chi connectivity index (χ0) is 33.8. The van der Waals surface area contributed by atoms with Gasteiger partial charge in [-0.1, -0.05) is 23.7 Å². The number of ketones is 2. The van der Waals surface area contributed by atoms with Crippen molar-refractivity contribution in [3.63, 3.8) is 0 Å². The molecule has 2 N–H and O–H groups in total. The number of rotatable bonds is 17. The smallest absolute Gasteiger partial charge is 0.306 e. The number of halogens is 3. The zero-order valence-electron chi connectivity index (χ0n) is 25.3. The summed E-state index contributed by atoms with van der Waals surface area (Å²) in [5.74, 6) is -3.18. The Morgan fingerprint density at radius 3 is 1.56 bits per heavy atom. The van der Waals surface area contributed by atoms with Gasteiger partial charge in [-0.15, -0.1) is 0 Å². The summed E-state index contributed by atoms with van der Waals surface area (Å²) >= 11 is 5.62. The number of amides is 2. The highest BCUT2D eigenvalue weighted by molar-refractivity contribution is 6.30. The van der Waals surface area contributed by atoms with Crippen LogP contribution in [0.3, 0.4) is 0 Å². The molecule has 2 aromatic rings. The summed E-state index contributed by atoms with van der Waals surface area (Å²) < 4.78 is 40.5. The van der Waals surface area contributed by atoms with Crippen molar-refractivity contribution in [2.75, 3.05) is 33.4 Å². The molecule has 0 radical (unpaired) electrons. The lowest BCUT2D eigenvalue weighted by Gasteiger charge is -2.07. The van der Waals surface area contributed by atoms with Crippen molar-refractivity contribution in [1.82, 2.24) is 10.6 Å². The fourth-order valence-corrected chi connectivity index (χ4v) is 3.72. The number of nitrogens with one attached hydrogen (secondary N) is 2. The highest BCUT2D eigenvalue weighted by Crippen LogP contribution is 2.19. The summed E-state index contributed by atoms with van der Waals surface area (Å²) in [5, 5.41) is 4.81. The van der Waals surface area contributed by atoms with Gasteiger partial charge in [-0.3, -0.25) is 28.8 Å². The van der Waals surface area contributed by atoms with Gasteiger partial charge in [0.2, 0.25) is 11.8 Å². The molecule has 0 aliphatic carbocycles. The fourth-order valence-electron chi connectivity index (χ4n) is 3.51. The SMILES string of the molecule is CCOC(=O)CCC(=O)NCC(=O)Cc1ccc(F)c(Cl)c1.CCOC(=O)CCC(=O)NCC(=O)Cc1ccc(F)c(OC)c1. The molecule has 0 saturated heterocycles. The summed E-state index contributed by atoms with van der Waals surface area (Å²) in [7, 11) is 1.34. The molecular weight excluding hydrogens is 618 g/mol. The van der Waals surface area contributed by atoms with Gasteiger partial charge in [-0.05, 0) is 49.2 Å². The maximum atomic E-state index is 13.3. The van der Waals surface area contributed by atoms with Crippen LogP contribution in [0.5, 0.6) is 5.75 Å². The predicted molar refractivity (Wildman–Crippen MR) is 160 cm³/mol. The van der Waals surface area contributed by atoms with Crippen molar-refractivity contribution in [2.45, 2.75) is 52.4 Å². The molecular formula is C31H37ClF2N2O9. The number of ether oxygens (including phenoxy) is 3. The first-order valence-corrected chi connectivity index (χ1v) is 14.4. The van der Waals surface area contributed by atoms with Gasteiger partial charge in [0.25, 0.3) is 0 Å². The number of Topliss-reactive ketones (excluding diaryl/α,β-unsaturated/α-hetero) is 2. The van der Waals surface area contributed by atoms with Crippen LogP contribution in [0.15, 0.2) is 36.4 Å². The molecule has 14 heteroatoms. The zero-order valence-corrected chi connectivity index (χ0v) is 26.1. The van der Waals surface area contributed by atoms with Crippen molar-refractivity contribution in [3.8, 4) is 5.75 Å². The predicted octanol–water partition coefficient (Wildman–Crippen LogP) is 3.46. The van der Waals surface area contributed by atoms with E-state index in [1.807, 2.05) is 0 Å². The number of hydrogen-bond donors (Lipinski definition) is 2. The molecule has 0 fully saturated rings. The van der Waals surface area contributed by atoms with E-state index in [1.54, 1.807) is 13.8 Å². The van der Waals surface area contributed by atoms with Crippen molar-refractivity contribution in [2.24, 2.45) is 0 Å². The number of carbonyl (C=O) groups is 6. The molecule has 0 aliphatic heterocycles. The first kappa shape index (κ1) is 38.6. The second-order valence-electron chi connectivity index (χ2n) is 9.31. The molecule has 0 atom stereocenters. The highest BCUT2D eigenvalue weighted by Gasteiger charge is 2.12. The molecule has 11 nitrogen and oxygen atoms in total. The van der Waals surface area contributed by atoms with Gasteiger partial charge < -0.3 is 24.8 Å². The van der Waals surface area contributed by atoms with Crippen LogP contribution in [-0.2, 0) is 51.1 Å². The van der Waals surface area contributed by atoms with E-state index >= 15 is 0 Å². The van der Waals surface area contributed by atoms with Crippen LogP contribution in [-0.4, -0.2) is 68.7 Å². The fraction of sp³-hybridized carbons (Fsp3) is 0.419. The largest absolute Gasteiger partial charge is 0.494 e. The molecule has 2 aromatic carbocycles. The molecule has 0 bridgehead atoms. The van der Waals surface area contributed by atoms with Crippen LogP contribution in [0.2, 0.25) is 5.02 Å². The van der Waals surface area contributed by atoms with E-state index in [0.717, 1.165) is 0 Å². The lowest BCUT2D eigenvalue weighted by atomic mass is 10.1. The van der Waals surface area contributed by atoms with Crippen LogP contribution < -0.4 is 15.4 Å². The Morgan fingerprint density at radius 1 is 0.689 bits per heavy atom. The Balaban J connectivity index is 0.000000450. The Kier molecular flexibility index (Phi) is 18.3. The summed E-state index contributed by atoms with van der Waals surface area (Å²) in [5.41, 5.74) is 1.16. The third-order valence-electron chi connectivity index (χ3n) is 5.69. The van der Waals surface area contributed by atoms with Crippen LogP contribution in [0.1, 0.15) is 50.7 Å². The monoisotopic (exact) mass is 654 g/mol. The minimum Gasteiger partial charge on any atom is -0.494 e. The minimum absolute atomic E-state index is 0.0248. The first-order chi connectivity index (χ1) is 21.4. The molecule has 0 aromatic heterocycles. The van der Waals surface area contributed by atoms with E-state index < -0.39 is 35.4 Å². The maximum Gasteiger partial charge on any atom is 0.306 e. The van der Waals surface area contributed by atoms with Crippen LogP contribution in [0.4, 0.5) is 8.78 Å². The van der Waals surface area contributed by atoms with E-state index in [9.17, 15) is 37.5 Å². The van der Waals surface area contributed by atoms with Crippen LogP contribution in [0, 0.1) is 11.6 Å². The Labute approximate surface area is 264 Å². The Hall–Kier alpha value is -4.39. The summed E-state index contributed by atoms with van der Waals surface area (Å²) in [4.78, 5) is 68.7. The quantitative estimate of drug-likeness (QED) is 0.244. The molecule has 0 saturated carbocycles. The van der Waals surface area contributed by atoms with E-state index in [2.05, 4.69) is 15.4 Å². The standard InChI is InChI=1S/C16H20FNO5.C15H17ClFNO4/c1-3-23-16(21)7-6-15(20)18-10-12(19)8-11-4-5-13(17)14(9-11)22-2;1-2-22-15(21)6-5-14(20)18-9-11(19)7-10-3-4-13(17)12(16)8-10/h4-5,9H,3,6-8,10H2,1-2H3,(H,18,20);3-4,8H,2,5-7,9H2,1H3,(H,18,20). The third kappa shape index (κ3) is 16.9. The molecule has 0 unspecified atom stereocenters. The van der Waals surface area contributed by atoms with E-state index in [0.29, 0.717) is 11.1 Å². The van der Waals surface area contributed by atoms with Crippen LogP contribution >= 0.6 is 11.6 Å². The number of carbonyl (C=O) groups excluding carboxylic acids is 6. The van der Waals surface area contributed by atoms with E-state index in [-0.39, 0.29) is 87.2 Å². The topological polar surface area (TPSA) is 154 Å². The van der Waals surface area contributed by atoms with Crippen LogP contribution in [0.25, 0.3) is 0 Å². The molecule has 246 valence electrons. The lowest BCUT2D eigenvalue weighted by molar-refractivity contribution is -0.145. The summed E-state index contributed by atoms with van der Waals surface area (Å²) in [6.07, 6.45) is -0.0254. The van der Waals surface area contributed by atoms with Gasteiger partial charge in [0.1, 0.15) is 5.82 Å². The van der Waals surface area contributed by atoms with Crippen molar-refractivity contribution < 1.29 is 51.8 Å². The van der Waals surface area contributed by atoms with Gasteiger partial charge >= 0.3 is 11.9 Å². The number of esters is 2. The van der Waals surface area contributed by atoms with Crippen molar-refractivity contribution >= 4 is 46.9 Å². The van der Waals surface area contributed by atoms with E-state index in [1.165, 1.54) is 43.5 Å². The lowest BCUT2D eigenvalue weighted by Crippen LogP contribution is -2.30. The Bertz CT molecular complexity index is 1340. The highest BCUT2D eigenvalue weighted by atomic mass is 35.5. The average Bonchev–Trinajstić information content (AvgIpc) is 3.00. The molecule has 0 spiro atoms. The van der Waals surface area contributed by atoms with E-state index in [4.69, 9.17) is 21.1 Å². The molecule has 0 heterocycles. The second kappa shape index (κ2) is 21.3. The first-order valence-electron chi connectivity index (χ1n) is 14.0. The minimum atomic E-state index is -0.551. The number of hydrogen-bond acceptors (Lipinski definition) is 9. The van der Waals surface area contributed by atoms with Gasteiger partial charge in [0.05, 0.1) is 51.3 Å². The normalized spacial score (nSPS) is 10.1. The maximum absolute atomic E-state index is 13.3. The van der Waals surface area contributed by atoms with Gasteiger partial charge in [-0.2, -0.15) is 0 Å². The summed E-state index contributed by atoms with van der Waals surface area (Å²) in [6.45, 7) is 3.58. The molecule has 2 rings (SSSR count). The third-order valence-corrected chi connectivity index (χ3v) is 5.98. The van der Waals surface area contributed by atoms with Gasteiger partial charge in [-0.25, -0.2) is 8.78 Å².